The Hall–Kier alpha value is -1.39. The first-order chi connectivity index (χ1) is 7.16. The standard InChI is InChI=1S/C11H14O4/c1-8-4-2-3-5-9(8)10(11(13)14)15-7-6-12/h2-5,10,12H,6-7H2,1H3,(H,13,14). The van der Waals surface area contributed by atoms with Gasteiger partial charge in [-0.3, -0.25) is 0 Å². The predicted octanol–water partition coefficient (Wildman–Crippen LogP) is 1.13. The number of aryl methyl sites for hydroxylation is 1. The Morgan fingerprint density at radius 3 is 2.67 bits per heavy atom. The van der Waals surface area contributed by atoms with Crippen molar-refractivity contribution in [1.29, 1.82) is 0 Å². The van der Waals surface area contributed by atoms with E-state index in [1.165, 1.54) is 0 Å². The summed E-state index contributed by atoms with van der Waals surface area (Å²) in [7, 11) is 0. The Labute approximate surface area is 88.1 Å². The molecule has 82 valence electrons. The molecular weight excluding hydrogens is 196 g/mol. The van der Waals surface area contributed by atoms with Gasteiger partial charge in [-0.2, -0.15) is 0 Å². The van der Waals surface area contributed by atoms with Crippen LogP contribution in [-0.4, -0.2) is 29.4 Å². The molecule has 0 aliphatic heterocycles. The van der Waals surface area contributed by atoms with Crippen molar-refractivity contribution < 1.29 is 19.7 Å². The molecule has 0 bridgehead atoms. The zero-order valence-corrected chi connectivity index (χ0v) is 8.51. The molecule has 1 aromatic rings. The Balaban J connectivity index is 2.89. The predicted molar refractivity (Wildman–Crippen MR) is 54.6 cm³/mol. The van der Waals surface area contributed by atoms with Gasteiger partial charge in [-0.05, 0) is 18.1 Å². The highest BCUT2D eigenvalue weighted by Gasteiger charge is 2.21. The SMILES string of the molecule is Cc1ccccc1C(OCCO)C(=O)O. The lowest BCUT2D eigenvalue weighted by molar-refractivity contribution is -0.151. The van der Waals surface area contributed by atoms with E-state index < -0.39 is 12.1 Å². The quantitative estimate of drug-likeness (QED) is 0.764. The summed E-state index contributed by atoms with van der Waals surface area (Å²) in [5.41, 5.74) is 1.49. The number of ether oxygens (including phenoxy) is 1. The van der Waals surface area contributed by atoms with E-state index in [2.05, 4.69) is 0 Å². The van der Waals surface area contributed by atoms with Crippen LogP contribution in [0.5, 0.6) is 0 Å². The number of aliphatic hydroxyl groups is 1. The van der Waals surface area contributed by atoms with Crippen LogP contribution in [0, 0.1) is 6.92 Å². The Morgan fingerprint density at radius 1 is 1.47 bits per heavy atom. The second kappa shape index (κ2) is 5.48. The lowest BCUT2D eigenvalue weighted by Crippen LogP contribution is -2.18. The molecular formula is C11H14O4. The van der Waals surface area contributed by atoms with Crippen LogP contribution in [0.3, 0.4) is 0 Å². The molecule has 0 amide bonds. The van der Waals surface area contributed by atoms with Crippen LogP contribution in [0.15, 0.2) is 24.3 Å². The Kier molecular flexibility index (Phi) is 4.27. The average molecular weight is 210 g/mol. The molecule has 0 aromatic heterocycles. The van der Waals surface area contributed by atoms with Gasteiger partial charge in [0.2, 0.25) is 0 Å². The van der Waals surface area contributed by atoms with Gasteiger partial charge in [0.1, 0.15) is 0 Å². The Morgan fingerprint density at radius 2 is 2.13 bits per heavy atom. The average Bonchev–Trinajstić information content (AvgIpc) is 2.20. The number of benzene rings is 1. The lowest BCUT2D eigenvalue weighted by Gasteiger charge is -2.15. The summed E-state index contributed by atoms with van der Waals surface area (Å²) in [6.45, 7) is 1.66. The third-order valence-corrected chi connectivity index (χ3v) is 2.07. The number of hydrogen-bond donors (Lipinski definition) is 2. The van der Waals surface area contributed by atoms with Gasteiger partial charge in [-0.25, -0.2) is 4.79 Å². The van der Waals surface area contributed by atoms with Gasteiger partial charge >= 0.3 is 5.97 Å². The number of hydrogen-bond acceptors (Lipinski definition) is 3. The van der Waals surface area contributed by atoms with E-state index in [0.29, 0.717) is 5.56 Å². The van der Waals surface area contributed by atoms with Crippen molar-refractivity contribution in [1.82, 2.24) is 0 Å². The van der Waals surface area contributed by atoms with Crippen LogP contribution in [0.4, 0.5) is 0 Å². The fourth-order valence-electron chi connectivity index (χ4n) is 1.35. The maximum atomic E-state index is 11.0. The molecule has 1 aromatic carbocycles. The van der Waals surface area contributed by atoms with E-state index in [-0.39, 0.29) is 13.2 Å². The fraction of sp³-hybridized carbons (Fsp3) is 0.364. The van der Waals surface area contributed by atoms with Gasteiger partial charge in [0.05, 0.1) is 13.2 Å². The van der Waals surface area contributed by atoms with Crippen molar-refractivity contribution in [2.24, 2.45) is 0 Å². The summed E-state index contributed by atoms with van der Waals surface area (Å²) in [4.78, 5) is 11.0. The van der Waals surface area contributed by atoms with Crippen LogP contribution in [0.2, 0.25) is 0 Å². The van der Waals surface area contributed by atoms with Gasteiger partial charge in [0.15, 0.2) is 6.10 Å². The van der Waals surface area contributed by atoms with Crippen molar-refractivity contribution in [3.63, 3.8) is 0 Å². The van der Waals surface area contributed by atoms with Crippen LogP contribution >= 0.6 is 0 Å². The largest absolute Gasteiger partial charge is 0.479 e. The van der Waals surface area contributed by atoms with E-state index in [1.807, 2.05) is 19.1 Å². The van der Waals surface area contributed by atoms with E-state index in [4.69, 9.17) is 14.9 Å². The third-order valence-electron chi connectivity index (χ3n) is 2.07. The zero-order valence-electron chi connectivity index (χ0n) is 8.51. The zero-order chi connectivity index (χ0) is 11.3. The molecule has 15 heavy (non-hydrogen) atoms. The molecule has 0 fully saturated rings. The first kappa shape index (κ1) is 11.7. The molecule has 4 nitrogen and oxygen atoms in total. The number of carboxylic acid groups (broad SMARTS) is 1. The highest BCUT2D eigenvalue weighted by atomic mass is 16.5. The molecule has 0 heterocycles. The monoisotopic (exact) mass is 210 g/mol. The van der Waals surface area contributed by atoms with E-state index in [0.717, 1.165) is 5.56 Å². The topological polar surface area (TPSA) is 66.8 Å². The molecule has 4 heteroatoms. The fourth-order valence-corrected chi connectivity index (χ4v) is 1.35. The molecule has 0 spiro atoms. The van der Waals surface area contributed by atoms with Crippen molar-refractivity contribution in [2.45, 2.75) is 13.0 Å². The third kappa shape index (κ3) is 3.04. The second-order valence-corrected chi connectivity index (χ2v) is 3.17. The summed E-state index contributed by atoms with van der Waals surface area (Å²) < 4.78 is 5.07. The first-order valence-electron chi connectivity index (χ1n) is 4.67. The summed E-state index contributed by atoms with van der Waals surface area (Å²) in [6.07, 6.45) is -1.00. The van der Waals surface area contributed by atoms with E-state index in [9.17, 15) is 4.79 Å². The molecule has 2 N–H and O–H groups in total. The van der Waals surface area contributed by atoms with E-state index in [1.54, 1.807) is 12.1 Å². The number of aliphatic hydroxyl groups excluding tert-OH is 1. The van der Waals surface area contributed by atoms with Crippen LogP contribution in [0.25, 0.3) is 0 Å². The molecule has 0 saturated carbocycles. The summed E-state index contributed by atoms with van der Waals surface area (Å²) >= 11 is 0. The molecule has 0 saturated heterocycles. The molecule has 1 atom stereocenters. The Bertz CT molecular complexity index is 335. The van der Waals surface area contributed by atoms with Crippen LogP contribution in [0.1, 0.15) is 17.2 Å². The minimum atomic E-state index is -1.04. The second-order valence-electron chi connectivity index (χ2n) is 3.17. The lowest BCUT2D eigenvalue weighted by atomic mass is 10.0. The van der Waals surface area contributed by atoms with Gasteiger partial charge in [0.25, 0.3) is 0 Å². The van der Waals surface area contributed by atoms with Crippen molar-refractivity contribution in [3.05, 3.63) is 35.4 Å². The van der Waals surface area contributed by atoms with Crippen molar-refractivity contribution >= 4 is 5.97 Å². The molecule has 0 aliphatic carbocycles. The molecule has 0 aliphatic rings. The van der Waals surface area contributed by atoms with E-state index >= 15 is 0 Å². The summed E-state index contributed by atoms with van der Waals surface area (Å²) in [5.74, 6) is -1.04. The number of carboxylic acids is 1. The maximum absolute atomic E-state index is 11.0. The van der Waals surface area contributed by atoms with Gasteiger partial charge in [0, 0.05) is 0 Å². The van der Waals surface area contributed by atoms with Gasteiger partial charge < -0.3 is 14.9 Å². The van der Waals surface area contributed by atoms with Crippen molar-refractivity contribution in [3.8, 4) is 0 Å². The van der Waals surface area contributed by atoms with Gasteiger partial charge in [-0.15, -0.1) is 0 Å². The van der Waals surface area contributed by atoms with Gasteiger partial charge in [-0.1, -0.05) is 24.3 Å². The molecule has 1 unspecified atom stereocenters. The first-order valence-corrected chi connectivity index (χ1v) is 4.67. The summed E-state index contributed by atoms with van der Waals surface area (Å²) in [6, 6.07) is 7.14. The van der Waals surface area contributed by atoms with Crippen molar-refractivity contribution in [2.75, 3.05) is 13.2 Å². The molecule has 0 radical (unpaired) electrons. The summed E-state index contributed by atoms with van der Waals surface area (Å²) in [5, 5.41) is 17.6. The number of aliphatic carboxylic acids is 1. The normalized spacial score (nSPS) is 12.4. The number of carbonyl (C=O) groups is 1. The minimum absolute atomic E-state index is 0.0191. The molecule has 1 rings (SSSR count). The maximum Gasteiger partial charge on any atom is 0.337 e. The highest BCUT2D eigenvalue weighted by Crippen LogP contribution is 2.21. The smallest absolute Gasteiger partial charge is 0.337 e. The van der Waals surface area contributed by atoms with Crippen LogP contribution < -0.4 is 0 Å². The highest BCUT2D eigenvalue weighted by molar-refractivity contribution is 5.74. The van der Waals surface area contributed by atoms with Crippen LogP contribution in [-0.2, 0) is 9.53 Å². The number of rotatable bonds is 5. The minimum Gasteiger partial charge on any atom is -0.479 e.